The second kappa shape index (κ2) is 6.32. The van der Waals surface area contributed by atoms with Crippen LogP contribution in [0.4, 0.5) is 5.69 Å². The van der Waals surface area contributed by atoms with E-state index in [9.17, 15) is 0 Å². The van der Waals surface area contributed by atoms with E-state index in [2.05, 4.69) is 25.6 Å². The minimum atomic E-state index is 0.400. The molecule has 0 aromatic carbocycles. The zero-order chi connectivity index (χ0) is 12.6. The van der Waals surface area contributed by atoms with Gasteiger partial charge in [-0.1, -0.05) is 0 Å². The normalized spacial score (nSPS) is 10.7. The molecule has 2 aromatic heterocycles. The molecule has 0 fully saturated rings. The zero-order valence-corrected chi connectivity index (χ0v) is 10.2. The summed E-state index contributed by atoms with van der Waals surface area (Å²) in [5.41, 5.74) is 2.57. The summed E-state index contributed by atoms with van der Waals surface area (Å²) < 4.78 is 0. The van der Waals surface area contributed by atoms with Crippen LogP contribution in [-0.2, 0) is 6.54 Å². The van der Waals surface area contributed by atoms with Crippen molar-refractivity contribution in [1.82, 2.24) is 15.3 Å². The molecule has 18 heavy (non-hydrogen) atoms. The van der Waals surface area contributed by atoms with Crippen molar-refractivity contribution in [2.24, 2.45) is 4.99 Å². The molecule has 0 aliphatic heterocycles. The van der Waals surface area contributed by atoms with Gasteiger partial charge in [-0.15, -0.1) is 16.3 Å². The maximum Gasteiger partial charge on any atom is 0.212 e. The number of aliphatic imine (C=N–C) groups is 1. The zero-order valence-electron chi connectivity index (χ0n) is 9.37. The Bertz CT molecular complexity index is 543. The number of aromatic nitrogens is 2. The first-order chi connectivity index (χ1) is 8.88. The van der Waals surface area contributed by atoms with E-state index in [1.165, 1.54) is 11.3 Å². The van der Waals surface area contributed by atoms with Gasteiger partial charge in [-0.25, -0.2) is 0 Å². The minimum Gasteiger partial charge on any atom is -0.350 e. The molecule has 2 N–H and O–H groups in total. The van der Waals surface area contributed by atoms with Crippen molar-refractivity contribution < 1.29 is 0 Å². The Hall–Kier alpha value is -2.46. The van der Waals surface area contributed by atoms with Crippen LogP contribution in [0.2, 0.25) is 0 Å². The van der Waals surface area contributed by atoms with E-state index in [1.807, 2.05) is 0 Å². The topological polar surface area (TPSA) is 86.0 Å². The van der Waals surface area contributed by atoms with E-state index in [4.69, 9.17) is 5.26 Å². The van der Waals surface area contributed by atoms with Gasteiger partial charge in [0, 0.05) is 29.2 Å². The van der Waals surface area contributed by atoms with Gasteiger partial charge in [0.25, 0.3) is 0 Å². The first-order valence-electron chi connectivity index (χ1n) is 5.13. The Morgan fingerprint density at radius 1 is 1.39 bits per heavy atom. The summed E-state index contributed by atoms with van der Waals surface area (Å²) in [5, 5.41) is 14.7. The van der Waals surface area contributed by atoms with Gasteiger partial charge in [0.1, 0.15) is 0 Å². The number of rotatable bonds is 3. The number of anilines is 1. The molecule has 2 aromatic rings. The summed E-state index contributed by atoms with van der Waals surface area (Å²) in [6, 6.07) is 3.59. The lowest BCUT2D eigenvalue weighted by Crippen LogP contribution is -2.29. The molecule has 0 aliphatic carbocycles. The molecular formula is C11H10N6S. The highest BCUT2D eigenvalue weighted by molar-refractivity contribution is 7.09. The van der Waals surface area contributed by atoms with E-state index in [1.54, 1.807) is 42.4 Å². The molecule has 6 nitrogen and oxygen atoms in total. The van der Waals surface area contributed by atoms with Crippen molar-refractivity contribution in [3.63, 3.8) is 0 Å². The monoisotopic (exact) mass is 258 g/mol. The molecule has 7 heteroatoms. The van der Waals surface area contributed by atoms with Gasteiger partial charge < -0.3 is 10.6 Å². The van der Waals surface area contributed by atoms with Gasteiger partial charge in [-0.05, 0) is 12.1 Å². The van der Waals surface area contributed by atoms with E-state index < -0.39 is 0 Å². The lowest BCUT2D eigenvalue weighted by Gasteiger charge is -2.09. The molecule has 2 heterocycles. The maximum absolute atomic E-state index is 8.63. The summed E-state index contributed by atoms with van der Waals surface area (Å²) in [4.78, 5) is 12.6. The van der Waals surface area contributed by atoms with Crippen molar-refractivity contribution in [3.05, 3.63) is 41.1 Å². The summed E-state index contributed by atoms with van der Waals surface area (Å²) >= 11 is 1.54. The summed E-state index contributed by atoms with van der Waals surface area (Å²) in [6.45, 7) is 0.573. The third-order valence-electron chi connectivity index (χ3n) is 2.02. The standard InChI is InChI=1S/C11H10N6S/c12-7-16-11(15-6-10-5-14-8-18-10)17-9-1-3-13-4-2-9/h1-5,8H,6H2,(H2,13,15,16,17). The fourth-order valence-corrected chi connectivity index (χ4v) is 1.77. The second-order valence-corrected chi connectivity index (χ2v) is 4.21. The van der Waals surface area contributed by atoms with Crippen molar-refractivity contribution in [2.75, 3.05) is 5.32 Å². The highest BCUT2D eigenvalue weighted by Crippen LogP contribution is 2.05. The molecule has 2 rings (SSSR count). The quantitative estimate of drug-likeness (QED) is 0.496. The molecule has 0 amide bonds. The number of guanidine groups is 1. The number of nitriles is 1. The third-order valence-corrected chi connectivity index (χ3v) is 2.80. The fraction of sp³-hybridized carbons (Fsp3) is 0.0909. The van der Waals surface area contributed by atoms with Crippen molar-refractivity contribution in [1.29, 1.82) is 5.26 Å². The summed E-state index contributed by atoms with van der Waals surface area (Å²) in [5.74, 6) is 0.400. The number of nitrogens with one attached hydrogen (secondary N) is 2. The first-order valence-corrected chi connectivity index (χ1v) is 6.01. The SMILES string of the molecule is N#CN=C(NCc1cncs1)Nc1ccncc1. The molecule has 0 bridgehead atoms. The predicted molar refractivity (Wildman–Crippen MR) is 69.9 cm³/mol. The smallest absolute Gasteiger partial charge is 0.212 e. The van der Waals surface area contributed by atoms with Crippen molar-refractivity contribution >= 4 is 23.0 Å². The highest BCUT2D eigenvalue weighted by atomic mass is 32.1. The Labute approximate surface area is 108 Å². The van der Waals surface area contributed by atoms with Crippen LogP contribution in [0.25, 0.3) is 0 Å². The predicted octanol–water partition coefficient (Wildman–Crippen LogP) is 1.58. The Kier molecular flexibility index (Phi) is 4.22. The Balaban J connectivity index is 1.97. The fourth-order valence-electron chi connectivity index (χ4n) is 1.23. The van der Waals surface area contributed by atoms with Gasteiger partial charge >= 0.3 is 0 Å². The average molecular weight is 258 g/mol. The minimum absolute atomic E-state index is 0.400. The largest absolute Gasteiger partial charge is 0.350 e. The molecule has 90 valence electrons. The number of nitrogens with zero attached hydrogens (tertiary/aromatic N) is 4. The van der Waals surface area contributed by atoms with E-state index in [-0.39, 0.29) is 0 Å². The molecule has 0 saturated heterocycles. The van der Waals surface area contributed by atoms with Gasteiger partial charge in [-0.3, -0.25) is 9.97 Å². The van der Waals surface area contributed by atoms with E-state index in [0.717, 1.165) is 10.6 Å². The van der Waals surface area contributed by atoms with Gasteiger partial charge in [0.15, 0.2) is 0 Å². The lowest BCUT2D eigenvalue weighted by atomic mass is 10.4. The molecule has 0 aliphatic rings. The van der Waals surface area contributed by atoms with Crippen LogP contribution in [0.5, 0.6) is 0 Å². The number of hydrogen-bond donors (Lipinski definition) is 2. The van der Waals surface area contributed by atoms with Crippen LogP contribution in [0.1, 0.15) is 4.88 Å². The van der Waals surface area contributed by atoms with Crippen LogP contribution < -0.4 is 10.6 Å². The molecule has 0 spiro atoms. The number of hydrogen-bond acceptors (Lipinski definition) is 5. The Morgan fingerprint density at radius 3 is 2.89 bits per heavy atom. The number of pyridine rings is 1. The lowest BCUT2D eigenvalue weighted by molar-refractivity contribution is 0.926. The van der Waals surface area contributed by atoms with Crippen LogP contribution >= 0.6 is 11.3 Å². The Morgan fingerprint density at radius 2 is 2.22 bits per heavy atom. The van der Waals surface area contributed by atoms with Crippen LogP contribution in [0.15, 0.2) is 41.2 Å². The third kappa shape index (κ3) is 3.54. The number of thiazole rings is 1. The van der Waals surface area contributed by atoms with Crippen molar-refractivity contribution in [2.45, 2.75) is 6.54 Å². The van der Waals surface area contributed by atoms with Gasteiger partial charge in [0.05, 0.1) is 12.1 Å². The van der Waals surface area contributed by atoms with Crippen molar-refractivity contribution in [3.8, 4) is 6.19 Å². The van der Waals surface area contributed by atoms with E-state index in [0.29, 0.717) is 12.5 Å². The molecule has 0 radical (unpaired) electrons. The van der Waals surface area contributed by atoms with Gasteiger partial charge in [0.2, 0.25) is 12.2 Å². The summed E-state index contributed by atoms with van der Waals surface area (Å²) in [6.07, 6.45) is 6.85. The summed E-state index contributed by atoms with van der Waals surface area (Å²) in [7, 11) is 0. The van der Waals surface area contributed by atoms with Crippen LogP contribution in [0.3, 0.4) is 0 Å². The first kappa shape index (κ1) is 12.0. The molecule has 0 unspecified atom stereocenters. The molecule has 0 atom stereocenters. The molecular weight excluding hydrogens is 248 g/mol. The second-order valence-electron chi connectivity index (χ2n) is 3.24. The highest BCUT2D eigenvalue weighted by Gasteiger charge is 2.01. The van der Waals surface area contributed by atoms with Crippen LogP contribution in [-0.4, -0.2) is 15.9 Å². The van der Waals surface area contributed by atoms with Gasteiger partial charge in [-0.2, -0.15) is 5.26 Å². The molecule has 0 saturated carbocycles. The maximum atomic E-state index is 8.63. The van der Waals surface area contributed by atoms with E-state index >= 15 is 0 Å². The van der Waals surface area contributed by atoms with Crippen LogP contribution in [0, 0.1) is 11.5 Å². The average Bonchev–Trinajstić information content (AvgIpc) is 2.91.